The van der Waals surface area contributed by atoms with Crippen LogP contribution in [0.5, 0.6) is 0 Å². The number of hydrogen-bond donors (Lipinski definition) is 0. The van der Waals surface area contributed by atoms with Gasteiger partial charge in [0.2, 0.25) is 0 Å². The van der Waals surface area contributed by atoms with Gasteiger partial charge in [-0.15, -0.1) is 20.4 Å². The van der Waals surface area contributed by atoms with E-state index in [1.807, 2.05) is 60.7 Å². The van der Waals surface area contributed by atoms with Gasteiger partial charge in [-0.3, -0.25) is 9.13 Å². The Labute approximate surface area is 194 Å². The van der Waals surface area contributed by atoms with Gasteiger partial charge in [0.05, 0.1) is 17.3 Å². The summed E-state index contributed by atoms with van der Waals surface area (Å²) in [6, 6.07) is 23.4. The summed E-state index contributed by atoms with van der Waals surface area (Å²) in [6.07, 6.45) is 0. The molecule has 0 saturated carbocycles. The predicted octanol–water partition coefficient (Wildman–Crippen LogP) is 5.95. The summed E-state index contributed by atoms with van der Waals surface area (Å²) < 4.78 is 4.20. The van der Waals surface area contributed by atoms with Crippen LogP contribution in [0.2, 0.25) is 10.0 Å². The smallest absolute Gasteiger partial charge is 0.168 e. The van der Waals surface area contributed by atoms with Crippen LogP contribution < -0.4 is 0 Å². The van der Waals surface area contributed by atoms with E-state index >= 15 is 0 Å². The van der Waals surface area contributed by atoms with Gasteiger partial charge in [0.15, 0.2) is 11.6 Å². The third kappa shape index (κ3) is 2.87. The van der Waals surface area contributed by atoms with Gasteiger partial charge in [0.1, 0.15) is 11.6 Å². The van der Waals surface area contributed by atoms with Crippen molar-refractivity contribution < 1.29 is 0 Å². The Balaban J connectivity index is 1.63. The predicted molar refractivity (Wildman–Crippen MR) is 125 cm³/mol. The van der Waals surface area contributed by atoms with E-state index in [1.165, 1.54) is 0 Å². The number of rotatable bonds is 2. The Kier molecular flexibility index (Phi) is 4.38. The molecule has 0 amide bonds. The lowest BCUT2D eigenvalue weighted by Gasteiger charge is -2.14. The minimum Gasteiger partial charge on any atom is -0.276 e. The van der Waals surface area contributed by atoms with Crippen molar-refractivity contribution in [3.05, 3.63) is 94.5 Å². The van der Waals surface area contributed by atoms with E-state index in [0.29, 0.717) is 10.0 Å². The van der Waals surface area contributed by atoms with Gasteiger partial charge >= 0.3 is 0 Å². The molecule has 3 heterocycles. The van der Waals surface area contributed by atoms with E-state index in [2.05, 4.69) is 48.6 Å². The lowest BCUT2D eigenvalue weighted by Crippen LogP contribution is -2.07. The number of benzene rings is 3. The highest BCUT2D eigenvalue weighted by molar-refractivity contribution is 6.30. The second-order valence-corrected chi connectivity index (χ2v) is 8.53. The average Bonchev–Trinajstić information content (AvgIpc) is 3.43. The first-order valence-electron chi connectivity index (χ1n) is 10.1. The molecule has 8 heteroatoms. The Morgan fingerprint density at radius 1 is 0.594 bits per heavy atom. The molecular weight excluding hydrogens is 443 g/mol. The molecule has 0 radical (unpaired) electrons. The number of para-hydroxylation sites is 2. The normalized spacial score (nSPS) is 12.7. The molecule has 0 spiro atoms. The van der Waals surface area contributed by atoms with Gasteiger partial charge in [0, 0.05) is 21.2 Å². The topological polar surface area (TPSA) is 61.4 Å². The maximum Gasteiger partial charge on any atom is 0.168 e. The van der Waals surface area contributed by atoms with Crippen molar-refractivity contribution >= 4 is 23.2 Å². The first-order valence-corrected chi connectivity index (χ1v) is 10.9. The van der Waals surface area contributed by atoms with Crippen molar-refractivity contribution in [1.82, 2.24) is 29.5 Å². The van der Waals surface area contributed by atoms with Crippen LogP contribution in [0.1, 0.15) is 24.5 Å². The molecule has 1 aliphatic heterocycles. The van der Waals surface area contributed by atoms with Crippen molar-refractivity contribution in [3.63, 3.8) is 0 Å². The third-order valence-corrected chi connectivity index (χ3v) is 6.22. The molecule has 0 N–H and O–H groups in total. The van der Waals surface area contributed by atoms with Crippen LogP contribution in [0.15, 0.2) is 72.8 Å². The first-order chi connectivity index (χ1) is 15.6. The fourth-order valence-corrected chi connectivity index (χ4v) is 4.41. The number of halogens is 2. The number of hydrogen-bond acceptors (Lipinski definition) is 4. The molecule has 5 aromatic rings. The average molecular weight is 459 g/mol. The molecule has 3 aromatic carbocycles. The molecule has 0 atom stereocenters. The Morgan fingerprint density at radius 3 is 1.41 bits per heavy atom. The minimum absolute atomic E-state index is 0.135. The Morgan fingerprint density at radius 2 is 1.00 bits per heavy atom. The number of fused-ring (bicyclic) bond motifs is 5. The van der Waals surface area contributed by atoms with Gasteiger partial charge in [-0.2, -0.15) is 0 Å². The molecule has 2 aromatic heterocycles. The van der Waals surface area contributed by atoms with E-state index in [1.54, 1.807) is 0 Å². The summed E-state index contributed by atoms with van der Waals surface area (Å²) in [4.78, 5) is 0. The monoisotopic (exact) mass is 458 g/mol. The lowest BCUT2D eigenvalue weighted by molar-refractivity contribution is 0.730. The summed E-state index contributed by atoms with van der Waals surface area (Å²) in [5.41, 5.74) is 3.78. The van der Waals surface area contributed by atoms with Crippen LogP contribution in [0.4, 0.5) is 0 Å². The van der Waals surface area contributed by atoms with E-state index < -0.39 is 0 Å². The first kappa shape index (κ1) is 19.2. The van der Waals surface area contributed by atoms with Gasteiger partial charge in [-0.05, 0) is 67.6 Å². The van der Waals surface area contributed by atoms with Gasteiger partial charge < -0.3 is 0 Å². The van der Waals surface area contributed by atoms with Crippen LogP contribution in [0.25, 0.3) is 34.2 Å². The largest absolute Gasteiger partial charge is 0.276 e. The molecule has 0 fully saturated rings. The second-order valence-electron chi connectivity index (χ2n) is 7.66. The summed E-state index contributed by atoms with van der Waals surface area (Å²) >= 11 is 12.2. The van der Waals surface area contributed by atoms with Crippen molar-refractivity contribution in [1.29, 1.82) is 0 Å². The SMILES string of the molecule is CC1c2nnc(-c3ccc(Cl)cc3)n2-c2ccccc2-n2c(-c3ccc(Cl)cc3)nnc21. The zero-order valence-electron chi connectivity index (χ0n) is 16.9. The van der Waals surface area contributed by atoms with Gasteiger partial charge in [-0.25, -0.2) is 0 Å². The fraction of sp³-hybridized carbons (Fsp3) is 0.0833. The quantitative estimate of drug-likeness (QED) is 0.327. The lowest BCUT2D eigenvalue weighted by atomic mass is 10.1. The zero-order valence-corrected chi connectivity index (χ0v) is 18.5. The molecule has 156 valence electrons. The summed E-state index contributed by atoms with van der Waals surface area (Å²) in [7, 11) is 0. The van der Waals surface area contributed by atoms with Crippen LogP contribution in [0.3, 0.4) is 0 Å². The summed E-state index contributed by atoms with van der Waals surface area (Å²) in [6.45, 7) is 2.07. The molecule has 0 aliphatic carbocycles. The van der Waals surface area contributed by atoms with Crippen LogP contribution in [-0.2, 0) is 0 Å². The standard InChI is InChI=1S/C24H16Cl2N6/c1-14-21-27-29-23(15-6-10-17(25)11-7-15)31(21)19-4-2-3-5-20(19)32-22(14)28-30-24(32)16-8-12-18(26)13-9-16/h2-14H,1H3. The molecular formula is C24H16Cl2N6. The van der Waals surface area contributed by atoms with E-state index in [9.17, 15) is 0 Å². The highest BCUT2D eigenvalue weighted by Crippen LogP contribution is 2.38. The maximum absolute atomic E-state index is 6.11. The van der Waals surface area contributed by atoms with Crippen molar-refractivity contribution in [2.24, 2.45) is 0 Å². The molecule has 0 bridgehead atoms. The van der Waals surface area contributed by atoms with Crippen LogP contribution in [-0.4, -0.2) is 29.5 Å². The van der Waals surface area contributed by atoms with Gasteiger partial charge in [-0.1, -0.05) is 35.3 Å². The molecule has 0 saturated heterocycles. The molecule has 6 rings (SSSR count). The zero-order chi connectivity index (χ0) is 21.8. The van der Waals surface area contributed by atoms with Crippen LogP contribution >= 0.6 is 23.2 Å². The molecule has 1 aliphatic rings. The minimum atomic E-state index is -0.135. The Hall–Kier alpha value is -3.48. The number of nitrogens with zero attached hydrogens (tertiary/aromatic N) is 6. The molecule has 32 heavy (non-hydrogen) atoms. The van der Waals surface area contributed by atoms with Crippen molar-refractivity contribution in [2.75, 3.05) is 0 Å². The van der Waals surface area contributed by atoms with Crippen molar-refractivity contribution in [2.45, 2.75) is 12.8 Å². The summed E-state index contributed by atoms with van der Waals surface area (Å²) in [5, 5.41) is 19.6. The number of aromatic nitrogens is 6. The molecule has 6 nitrogen and oxygen atoms in total. The third-order valence-electron chi connectivity index (χ3n) is 5.72. The van der Waals surface area contributed by atoms with E-state index in [0.717, 1.165) is 45.8 Å². The van der Waals surface area contributed by atoms with Gasteiger partial charge in [0.25, 0.3) is 0 Å². The van der Waals surface area contributed by atoms with Crippen molar-refractivity contribution in [3.8, 4) is 34.2 Å². The second kappa shape index (κ2) is 7.29. The maximum atomic E-state index is 6.11. The fourth-order valence-electron chi connectivity index (χ4n) is 4.16. The Bertz CT molecular complexity index is 1340. The highest BCUT2D eigenvalue weighted by Gasteiger charge is 2.32. The van der Waals surface area contributed by atoms with E-state index in [4.69, 9.17) is 23.2 Å². The highest BCUT2D eigenvalue weighted by atomic mass is 35.5. The van der Waals surface area contributed by atoms with Crippen LogP contribution in [0, 0.1) is 0 Å². The summed E-state index contributed by atoms with van der Waals surface area (Å²) in [5.74, 6) is 2.97. The molecule has 0 unspecified atom stereocenters. The van der Waals surface area contributed by atoms with E-state index in [-0.39, 0.29) is 5.92 Å².